The Balaban J connectivity index is 1.57. The quantitative estimate of drug-likeness (QED) is 0.946. The second-order valence-electron chi connectivity index (χ2n) is 5.79. The average Bonchev–Trinajstić information content (AvgIpc) is 3.00. The fraction of sp³-hybridized carbons (Fsp3) is 0.412. The summed E-state index contributed by atoms with van der Waals surface area (Å²) < 4.78 is 5.42. The third-order valence-electron chi connectivity index (χ3n) is 4.16. The highest BCUT2D eigenvalue weighted by atomic mass is 16.6. The van der Waals surface area contributed by atoms with Gasteiger partial charge in [0.1, 0.15) is 6.61 Å². The number of carbonyl (C=O) groups is 1. The van der Waals surface area contributed by atoms with Gasteiger partial charge in [-0.2, -0.15) is 5.10 Å². The van der Waals surface area contributed by atoms with Gasteiger partial charge in [-0.15, -0.1) is 0 Å². The van der Waals surface area contributed by atoms with Crippen LogP contribution in [-0.2, 0) is 11.3 Å². The number of amides is 1. The molecule has 0 saturated carbocycles. The van der Waals surface area contributed by atoms with E-state index in [0.29, 0.717) is 19.1 Å². The summed E-state index contributed by atoms with van der Waals surface area (Å²) in [5, 5.41) is 7.15. The van der Waals surface area contributed by atoms with Crippen LogP contribution in [0.4, 0.5) is 4.79 Å². The molecule has 2 aromatic rings. The molecule has 1 aromatic carbocycles. The van der Waals surface area contributed by atoms with E-state index in [-0.39, 0.29) is 6.09 Å². The second kappa shape index (κ2) is 6.64. The van der Waals surface area contributed by atoms with Crippen LogP contribution in [0, 0.1) is 6.92 Å². The van der Waals surface area contributed by atoms with Gasteiger partial charge < -0.3 is 9.64 Å². The van der Waals surface area contributed by atoms with E-state index in [9.17, 15) is 4.79 Å². The molecular formula is C17H21N3O2. The van der Waals surface area contributed by atoms with E-state index in [0.717, 1.165) is 36.2 Å². The Bertz CT molecular complexity index is 624. The number of rotatable bonds is 3. The number of H-pyrrole nitrogens is 1. The molecule has 1 aromatic heterocycles. The maximum absolute atomic E-state index is 12.2. The first-order valence-electron chi connectivity index (χ1n) is 7.69. The minimum atomic E-state index is -0.231. The maximum Gasteiger partial charge on any atom is 0.410 e. The summed E-state index contributed by atoms with van der Waals surface area (Å²) in [6, 6.07) is 9.76. The van der Waals surface area contributed by atoms with Gasteiger partial charge in [-0.05, 0) is 30.9 Å². The van der Waals surface area contributed by atoms with Gasteiger partial charge in [0.05, 0.1) is 6.20 Å². The van der Waals surface area contributed by atoms with Gasteiger partial charge in [0.2, 0.25) is 0 Å². The summed E-state index contributed by atoms with van der Waals surface area (Å²) in [4.78, 5) is 14.1. The molecule has 22 heavy (non-hydrogen) atoms. The van der Waals surface area contributed by atoms with E-state index < -0.39 is 0 Å². The van der Waals surface area contributed by atoms with Crippen molar-refractivity contribution in [2.24, 2.45) is 0 Å². The summed E-state index contributed by atoms with van der Waals surface area (Å²) in [6.07, 6.45) is 3.67. The Morgan fingerprint density at radius 3 is 2.95 bits per heavy atom. The summed E-state index contributed by atoms with van der Waals surface area (Å²) in [5.74, 6) is 0.320. The Morgan fingerprint density at radius 1 is 1.41 bits per heavy atom. The molecule has 1 saturated heterocycles. The fourth-order valence-corrected chi connectivity index (χ4v) is 2.96. The minimum Gasteiger partial charge on any atom is -0.445 e. The molecule has 0 bridgehead atoms. The van der Waals surface area contributed by atoms with Gasteiger partial charge in [0, 0.05) is 24.7 Å². The lowest BCUT2D eigenvalue weighted by Gasteiger charge is -2.31. The Kier molecular flexibility index (Phi) is 4.42. The number of piperidine rings is 1. The van der Waals surface area contributed by atoms with E-state index in [1.54, 1.807) is 4.90 Å². The zero-order valence-corrected chi connectivity index (χ0v) is 12.8. The molecule has 0 aliphatic carbocycles. The third-order valence-corrected chi connectivity index (χ3v) is 4.16. The highest BCUT2D eigenvalue weighted by Crippen LogP contribution is 2.27. The Hall–Kier alpha value is -2.30. The number of hydrogen-bond donors (Lipinski definition) is 1. The van der Waals surface area contributed by atoms with Crippen LogP contribution in [0.15, 0.2) is 36.5 Å². The molecule has 2 heterocycles. The van der Waals surface area contributed by atoms with E-state index in [1.165, 1.54) is 0 Å². The van der Waals surface area contributed by atoms with Crippen molar-refractivity contribution in [1.82, 2.24) is 15.1 Å². The van der Waals surface area contributed by atoms with Gasteiger partial charge in [-0.1, -0.05) is 30.3 Å². The molecule has 0 radical (unpaired) electrons. The van der Waals surface area contributed by atoms with Crippen LogP contribution in [0.5, 0.6) is 0 Å². The molecule has 1 aliphatic rings. The van der Waals surface area contributed by atoms with E-state index in [4.69, 9.17) is 4.74 Å². The Morgan fingerprint density at radius 2 is 2.23 bits per heavy atom. The van der Waals surface area contributed by atoms with Crippen molar-refractivity contribution in [1.29, 1.82) is 0 Å². The van der Waals surface area contributed by atoms with Crippen LogP contribution in [0.1, 0.15) is 35.6 Å². The van der Waals surface area contributed by atoms with Crippen molar-refractivity contribution >= 4 is 6.09 Å². The predicted molar refractivity (Wildman–Crippen MR) is 83.5 cm³/mol. The second-order valence-corrected chi connectivity index (χ2v) is 5.79. The molecule has 1 aliphatic heterocycles. The third kappa shape index (κ3) is 3.30. The van der Waals surface area contributed by atoms with Gasteiger partial charge in [0.25, 0.3) is 0 Å². The lowest BCUT2D eigenvalue weighted by atomic mass is 9.93. The zero-order chi connectivity index (χ0) is 15.4. The number of benzene rings is 1. The number of nitrogens with zero attached hydrogens (tertiary/aromatic N) is 2. The Labute approximate surface area is 130 Å². The van der Waals surface area contributed by atoms with Crippen molar-refractivity contribution in [2.75, 3.05) is 13.1 Å². The zero-order valence-electron chi connectivity index (χ0n) is 12.8. The van der Waals surface area contributed by atoms with Crippen LogP contribution in [0.25, 0.3) is 0 Å². The number of aromatic amines is 1. The van der Waals surface area contributed by atoms with Gasteiger partial charge >= 0.3 is 6.09 Å². The largest absolute Gasteiger partial charge is 0.445 e. The lowest BCUT2D eigenvalue weighted by Crippen LogP contribution is -2.39. The molecule has 1 atom stereocenters. The van der Waals surface area contributed by atoms with Crippen LogP contribution in [0.2, 0.25) is 0 Å². The van der Waals surface area contributed by atoms with Crippen molar-refractivity contribution in [3.63, 3.8) is 0 Å². The summed E-state index contributed by atoms with van der Waals surface area (Å²) in [6.45, 7) is 3.82. The van der Waals surface area contributed by atoms with E-state index in [2.05, 4.69) is 10.2 Å². The molecule has 1 unspecified atom stereocenters. The number of carbonyl (C=O) groups excluding carboxylic acids is 1. The number of aromatic nitrogens is 2. The number of aryl methyl sites for hydroxylation is 1. The predicted octanol–water partition coefficient (Wildman–Crippen LogP) is 3.23. The average molecular weight is 299 g/mol. The van der Waals surface area contributed by atoms with Gasteiger partial charge in [-0.25, -0.2) is 4.79 Å². The molecule has 116 valence electrons. The SMILES string of the molecule is Cc1cn[nH]c1C1CCCN(C(=O)OCc2ccccc2)C1. The van der Waals surface area contributed by atoms with Crippen molar-refractivity contribution < 1.29 is 9.53 Å². The van der Waals surface area contributed by atoms with Crippen LogP contribution in [0.3, 0.4) is 0 Å². The first kappa shape index (κ1) is 14.6. The first-order chi connectivity index (χ1) is 10.7. The summed E-state index contributed by atoms with van der Waals surface area (Å²) in [5.41, 5.74) is 3.30. The highest BCUT2D eigenvalue weighted by Gasteiger charge is 2.27. The number of nitrogens with one attached hydrogen (secondary N) is 1. The van der Waals surface area contributed by atoms with Gasteiger partial charge in [0.15, 0.2) is 0 Å². The maximum atomic E-state index is 12.2. The number of ether oxygens (including phenoxy) is 1. The van der Waals surface area contributed by atoms with Crippen LogP contribution >= 0.6 is 0 Å². The molecule has 3 rings (SSSR count). The molecular weight excluding hydrogens is 278 g/mol. The molecule has 1 amide bonds. The van der Waals surface area contributed by atoms with Crippen molar-refractivity contribution in [3.8, 4) is 0 Å². The topological polar surface area (TPSA) is 58.2 Å². The minimum absolute atomic E-state index is 0.231. The summed E-state index contributed by atoms with van der Waals surface area (Å²) in [7, 11) is 0. The van der Waals surface area contributed by atoms with E-state index in [1.807, 2.05) is 43.5 Å². The normalized spacial score (nSPS) is 18.2. The molecule has 5 nitrogen and oxygen atoms in total. The lowest BCUT2D eigenvalue weighted by molar-refractivity contribution is 0.0855. The van der Waals surface area contributed by atoms with Crippen molar-refractivity contribution in [3.05, 3.63) is 53.3 Å². The fourth-order valence-electron chi connectivity index (χ4n) is 2.96. The first-order valence-corrected chi connectivity index (χ1v) is 7.69. The molecule has 5 heteroatoms. The van der Waals surface area contributed by atoms with Gasteiger partial charge in [-0.3, -0.25) is 5.10 Å². The standard InChI is InChI=1S/C17H21N3O2/c1-13-10-18-19-16(13)15-8-5-9-20(11-15)17(21)22-12-14-6-3-2-4-7-14/h2-4,6-7,10,15H,5,8-9,11-12H2,1H3,(H,18,19). The smallest absolute Gasteiger partial charge is 0.410 e. The molecule has 1 fully saturated rings. The van der Waals surface area contributed by atoms with Crippen LogP contribution in [-0.4, -0.2) is 34.3 Å². The summed E-state index contributed by atoms with van der Waals surface area (Å²) >= 11 is 0. The molecule has 1 N–H and O–H groups in total. The number of hydrogen-bond acceptors (Lipinski definition) is 3. The van der Waals surface area contributed by atoms with E-state index >= 15 is 0 Å². The number of likely N-dealkylation sites (tertiary alicyclic amines) is 1. The highest BCUT2D eigenvalue weighted by molar-refractivity contribution is 5.67. The van der Waals surface area contributed by atoms with Crippen molar-refractivity contribution in [2.45, 2.75) is 32.3 Å². The monoisotopic (exact) mass is 299 g/mol. The molecule has 0 spiro atoms. The van der Waals surface area contributed by atoms with Crippen LogP contribution < -0.4 is 0 Å².